The van der Waals surface area contributed by atoms with Crippen molar-refractivity contribution in [2.24, 2.45) is 5.28 Å². The first-order chi connectivity index (χ1) is 19.8. The SMILES string of the molecule is CC(=O)OCO/N=[N+](/[O-])N1CCC[C@H]1C(=O)NS(=O)(=O)c1ccc(-n2nc(C(F)(F)F)cc2-c2ccc(C)cc2)cc1. The Labute approximate surface area is 237 Å². The number of rotatable bonds is 9. The number of nitrogens with one attached hydrogen (secondary N) is 1. The van der Waals surface area contributed by atoms with Gasteiger partial charge in [-0.1, -0.05) is 29.8 Å². The molecule has 3 aromatic rings. The lowest BCUT2D eigenvalue weighted by Crippen LogP contribution is -2.47. The van der Waals surface area contributed by atoms with Gasteiger partial charge in [-0.05, 0) is 50.1 Å². The van der Waals surface area contributed by atoms with Gasteiger partial charge in [0.1, 0.15) is 0 Å². The number of ether oxygens (including phenoxy) is 1. The van der Waals surface area contributed by atoms with Gasteiger partial charge in [-0.15, -0.1) is 5.01 Å². The van der Waals surface area contributed by atoms with E-state index in [1.54, 1.807) is 24.3 Å². The fraction of sp³-hybridized carbons (Fsp3) is 0.320. The van der Waals surface area contributed by atoms with E-state index in [0.29, 0.717) is 12.0 Å². The molecule has 2 aromatic carbocycles. The Morgan fingerprint density at radius 3 is 2.45 bits per heavy atom. The molecule has 0 radical (unpaired) electrons. The van der Waals surface area contributed by atoms with E-state index in [1.807, 2.05) is 11.6 Å². The Kier molecular flexibility index (Phi) is 8.70. The fourth-order valence-corrected chi connectivity index (χ4v) is 5.14. The van der Waals surface area contributed by atoms with Crippen LogP contribution in [-0.2, 0) is 35.4 Å². The maximum Gasteiger partial charge on any atom is 0.435 e. The molecule has 0 bridgehead atoms. The van der Waals surface area contributed by atoms with Crippen molar-refractivity contribution < 1.29 is 45.7 Å². The molecule has 1 N–H and O–H groups in total. The molecule has 2 heterocycles. The van der Waals surface area contributed by atoms with Gasteiger partial charge in [0.15, 0.2) is 11.7 Å². The third kappa shape index (κ3) is 6.96. The van der Waals surface area contributed by atoms with Crippen LogP contribution in [0.5, 0.6) is 0 Å². The zero-order valence-electron chi connectivity index (χ0n) is 22.2. The van der Waals surface area contributed by atoms with E-state index in [0.717, 1.165) is 40.4 Å². The van der Waals surface area contributed by atoms with Crippen LogP contribution in [0.4, 0.5) is 13.2 Å². The van der Waals surface area contributed by atoms with Crippen molar-refractivity contribution >= 4 is 21.9 Å². The highest BCUT2D eigenvalue weighted by Gasteiger charge is 2.39. The van der Waals surface area contributed by atoms with Crippen LogP contribution in [0.2, 0.25) is 0 Å². The second-order valence-corrected chi connectivity index (χ2v) is 10.9. The summed E-state index contributed by atoms with van der Waals surface area (Å²) in [6.45, 7) is 2.39. The molecule has 224 valence electrons. The number of carbonyl (C=O) groups excluding carboxylic acids is 2. The van der Waals surface area contributed by atoms with Gasteiger partial charge < -0.3 is 14.8 Å². The average Bonchev–Trinajstić information content (AvgIpc) is 3.60. The Bertz CT molecular complexity index is 1590. The Morgan fingerprint density at radius 2 is 1.83 bits per heavy atom. The number of esters is 1. The van der Waals surface area contributed by atoms with Crippen molar-refractivity contribution in [2.45, 2.75) is 43.8 Å². The molecular formula is C25H25F3N6O7S. The quantitative estimate of drug-likeness (QED) is 0.0956. The maximum absolute atomic E-state index is 13.5. The van der Waals surface area contributed by atoms with Crippen LogP contribution in [-0.4, -0.2) is 59.4 Å². The molecule has 1 saturated heterocycles. The van der Waals surface area contributed by atoms with Crippen LogP contribution in [0.25, 0.3) is 16.9 Å². The molecule has 0 aliphatic carbocycles. The van der Waals surface area contributed by atoms with Crippen molar-refractivity contribution in [1.82, 2.24) is 19.5 Å². The van der Waals surface area contributed by atoms with Crippen molar-refractivity contribution in [1.29, 1.82) is 0 Å². The zero-order valence-corrected chi connectivity index (χ0v) is 23.1. The van der Waals surface area contributed by atoms with Gasteiger partial charge in [-0.3, -0.25) is 9.59 Å². The summed E-state index contributed by atoms with van der Waals surface area (Å²) in [4.78, 5) is 27.7. The van der Waals surface area contributed by atoms with E-state index in [4.69, 9.17) is 0 Å². The second kappa shape index (κ2) is 12.1. The van der Waals surface area contributed by atoms with Crippen LogP contribution < -0.4 is 4.72 Å². The molecule has 13 nitrogen and oxygen atoms in total. The molecule has 1 aliphatic heterocycles. The number of halogens is 3. The summed E-state index contributed by atoms with van der Waals surface area (Å²) in [5.41, 5.74) is 0.523. The van der Waals surface area contributed by atoms with E-state index in [-0.39, 0.29) is 34.2 Å². The van der Waals surface area contributed by atoms with Crippen LogP contribution in [0.15, 0.2) is 64.8 Å². The molecule has 1 atom stereocenters. The summed E-state index contributed by atoms with van der Waals surface area (Å²) in [7, 11) is -4.44. The van der Waals surface area contributed by atoms with Crippen molar-refractivity contribution in [3.63, 3.8) is 0 Å². The number of alkyl halides is 3. The molecule has 0 unspecified atom stereocenters. The summed E-state index contributed by atoms with van der Waals surface area (Å²) in [6.07, 6.45) is -4.20. The Morgan fingerprint density at radius 1 is 1.17 bits per heavy atom. The summed E-state index contributed by atoms with van der Waals surface area (Å²) >= 11 is 0. The first-order valence-electron chi connectivity index (χ1n) is 12.4. The van der Waals surface area contributed by atoms with Crippen LogP contribution in [0.3, 0.4) is 0 Å². The highest BCUT2D eigenvalue weighted by Crippen LogP contribution is 2.33. The fourth-order valence-electron chi connectivity index (χ4n) is 4.12. The van der Waals surface area contributed by atoms with Crippen molar-refractivity contribution in [3.8, 4) is 16.9 Å². The number of hydrazine groups is 1. The first-order valence-corrected chi connectivity index (χ1v) is 13.9. The Hall–Kier alpha value is -4.67. The van der Waals surface area contributed by atoms with E-state index < -0.39 is 46.6 Å². The molecular weight excluding hydrogens is 585 g/mol. The van der Waals surface area contributed by atoms with Gasteiger partial charge in [0.05, 0.1) is 27.8 Å². The number of aryl methyl sites for hydroxylation is 1. The number of benzene rings is 2. The maximum atomic E-state index is 13.5. The molecule has 1 aliphatic rings. The number of sulfonamides is 1. The summed E-state index contributed by atoms with van der Waals surface area (Å²) in [5.74, 6) is -1.67. The Balaban J connectivity index is 1.52. The van der Waals surface area contributed by atoms with E-state index >= 15 is 0 Å². The van der Waals surface area contributed by atoms with Crippen LogP contribution in [0.1, 0.15) is 31.0 Å². The lowest BCUT2D eigenvalue weighted by molar-refractivity contribution is -0.712. The first kappa shape index (κ1) is 30.3. The molecule has 1 aromatic heterocycles. The van der Waals surface area contributed by atoms with E-state index in [9.17, 15) is 36.4 Å². The highest BCUT2D eigenvalue weighted by atomic mass is 32.2. The third-order valence-electron chi connectivity index (χ3n) is 6.16. The van der Waals surface area contributed by atoms with Crippen molar-refractivity contribution in [2.75, 3.05) is 13.3 Å². The summed E-state index contributed by atoms with van der Waals surface area (Å²) in [5, 5.41) is 20.0. The highest BCUT2D eigenvalue weighted by molar-refractivity contribution is 7.90. The monoisotopic (exact) mass is 610 g/mol. The number of hydrogen-bond acceptors (Lipinski definition) is 9. The standard InChI is InChI=1S/C25H25F3N6O7S/c1-16-5-7-18(8-6-16)22-14-23(25(26,27)28)29-33(22)19-9-11-20(12-10-19)42(38,39)30-24(36)21-4-3-13-32(21)34(37)31-41-15-40-17(2)35/h5-12,14,21H,3-4,13,15H2,1-2H3,(H,30,36)/b34-31+/t21-/m0/s1. The zero-order chi connectivity index (χ0) is 30.7. The summed E-state index contributed by atoms with van der Waals surface area (Å²) in [6, 6.07) is 11.2. The molecule has 17 heteroatoms. The number of amides is 1. The molecule has 1 fully saturated rings. The number of hydrogen-bond donors (Lipinski definition) is 1. The van der Waals surface area contributed by atoms with Gasteiger partial charge in [0.25, 0.3) is 22.7 Å². The van der Waals surface area contributed by atoms with Gasteiger partial charge in [-0.2, -0.15) is 18.3 Å². The number of carbonyl (C=O) groups is 2. The minimum absolute atomic E-state index is 0.0346. The number of aromatic nitrogens is 2. The third-order valence-corrected chi connectivity index (χ3v) is 7.53. The normalized spacial score (nSPS) is 15.9. The predicted octanol–water partition coefficient (Wildman–Crippen LogP) is 3.47. The smallest absolute Gasteiger partial charge is 0.435 e. The predicted molar refractivity (Wildman–Crippen MR) is 138 cm³/mol. The number of nitrogens with zero attached hydrogens (tertiary/aromatic N) is 5. The van der Waals surface area contributed by atoms with Crippen LogP contribution in [0, 0.1) is 12.1 Å². The molecule has 0 saturated carbocycles. The van der Waals surface area contributed by atoms with Crippen molar-refractivity contribution in [3.05, 3.63) is 71.1 Å². The van der Waals surface area contributed by atoms with E-state index in [1.165, 1.54) is 12.1 Å². The largest absolute Gasteiger partial charge is 0.569 e. The van der Waals surface area contributed by atoms with E-state index in [2.05, 4.69) is 20.0 Å². The van der Waals surface area contributed by atoms with Gasteiger partial charge in [-0.25, -0.2) is 17.8 Å². The molecule has 1 amide bonds. The second-order valence-electron chi connectivity index (χ2n) is 9.19. The molecule has 0 spiro atoms. The topological polar surface area (TPSA) is 158 Å². The van der Waals surface area contributed by atoms with Gasteiger partial charge in [0, 0.05) is 12.5 Å². The lowest BCUT2D eigenvalue weighted by Gasteiger charge is -2.19. The lowest BCUT2D eigenvalue weighted by atomic mass is 10.1. The molecule has 42 heavy (non-hydrogen) atoms. The van der Waals surface area contributed by atoms with Crippen LogP contribution >= 0.6 is 0 Å². The summed E-state index contributed by atoms with van der Waals surface area (Å²) < 4.78 is 73.8. The molecule has 4 rings (SSSR count). The minimum Gasteiger partial charge on any atom is -0.569 e. The average molecular weight is 611 g/mol. The van der Waals surface area contributed by atoms with Gasteiger partial charge >= 0.3 is 12.1 Å². The van der Waals surface area contributed by atoms with Gasteiger partial charge in [0.2, 0.25) is 5.28 Å². The minimum atomic E-state index is -4.71.